The standard InChI is InChI=1S/C76H130O6/c1-4-7-10-13-16-19-22-25-28-31-34-36-37-38-39-41-42-45-48-51-54-57-60-63-66-69-75(78)81-72-73(71-80-74(77)68-65-62-59-56-53-50-47-44-33-30-27-24-21-18-15-12-9-6-3)82-76(79)70-67-64-61-58-55-52-49-46-43-40-35-32-29-26-23-20-17-14-11-8-5-2/h7,10,16,19,21,24-25,28,30,32-36,38-39,42,45,73H,4-6,8-9,11-15,17-18,20,22-23,26-27,29,31,37,40-41,43-44,46-72H2,1-3H3/b10-7-,19-16-,24-21-,28-25-,33-30-,35-32-,36-34-,39-38-,45-42-. The minimum absolute atomic E-state index is 0.0875. The van der Waals surface area contributed by atoms with Gasteiger partial charge in [-0.25, -0.2) is 0 Å². The molecule has 0 aromatic rings. The molecule has 0 rings (SSSR count). The topological polar surface area (TPSA) is 78.9 Å². The predicted octanol–water partition coefficient (Wildman–Crippen LogP) is 24.2. The van der Waals surface area contributed by atoms with Crippen molar-refractivity contribution in [2.45, 2.75) is 341 Å². The van der Waals surface area contributed by atoms with Crippen LogP contribution in [0.3, 0.4) is 0 Å². The van der Waals surface area contributed by atoms with Crippen molar-refractivity contribution in [3.05, 3.63) is 109 Å². The highest BCUT2D eigenvalue weighted by atomic mass is 16.6. The van der Waals surface area contributed by atoms with Gasteiger partial charge in [-0.05, 0) is 128 Å². The Balaban J connectivity index is 4.42. The van der Waals surface area contributed by atoms with E-state index in [9.17, 15) is 14.4 Å². The van der Waals surface area contributed by atoms with Gasteiger partial charge in [0.25, 0.3) is 0 Å². The largest absolute Gasteiger partial charge is 0.462 e. The molecule has 0 fully saturated rings. The van der Waals surface area contributed by atoms with Crippen LogP contribution >= 0.6 is 0 Å². The zero-order chi connectivity index (χ0) is 59.2. The molecule has 6 heteroatoms. The first-order valence-electron chi connectivity index (χ1n) is 34.9. The van der Waals surface area contributed by atoms with Crippen LogP contribution in [-0.4, -0.2) is 37.2 Å². The fraction of sp³-hybridized carbons (Fsp3) is 0.724. The van der Waals surface area contributed by atoms with Gasteiger partial charge in [-0.1, -0.05) is 297 Å². The first-order valence-corrected chi connectivity index (χ1v) is 34.9. The molecule has 0 spiro atoms. The molecule has 82 heavy (non-hydrogen) atoms. The lowest BCUT2D eigenvalue weighted by Crippen LogP contribution is -2.30. The first-order chi connectivity index (χ1) is 40.5. The van der Waals surface area contributed by atoms with Crippen molar-refractivity contribution in [1.82, 2.24) is 0 Å². The number of rotatable bonds is 63. The molecule has 0 amide bonds. The maximum Gasteiger partial charge on any atom is 0.306 e. The lowest BCUT2D eigenvalue weighted by Gasteiger charge is -2.18. The van der Waals surface area contributed by atoms with E-state index in [1.165, 1.54) is 173 Å². The Morgan fingerprint density at radius 3 is 0.768 bits per heavy atom. The minimum Gasteiger partial charge on any atom is -0.462 e. The molecule has 0 radical (unpaired) electrons. The van der Waals surface area contributed by atoms with Gasteiger partial charge in [0.1, 0.15) is 13.2 Å². The molecule has 0 aliphatic heterocycles. The fourth-order valence-corrected chi connectivity index (χ4v) is 9.77. The molecule has 0 bridgehead atoms. The second-order valence-corrected chi connectivity index (χ2v) is 23.1. The highest BCUT2D eigenvalue weighted by Gasteiger charge is 2.19. The SMILES string of the molecule is CC/C=C\C/C=C\C/C=C\C/C=C\C/C=C\C/C=C\CCCCCCCCC(=O)OCC(COC(=O)CCCCCCCCC/C=C\C/C=C\CCCCCC)OC(=O)CCCCCCCCCCC/C=C\CCCCCCCCCC. The van der Waals surface area contributed by atoms with Crippen molar-refractivity contribution >= 4 is 17.9 Å². The monoisotopic (exact) mass is 1140 g/mol. The van der Waals surface area contributed by atoms with E-state index in [0.29, 0.717) is 19.3 Å². The first kappa shape index (κ1) is 78.1. The van der Waals surface area contributed by atoms with Gasteiger partial charge in [0.05, 0.1) is 0 Å². The molecule has 0 aliphatic carbocycles. The Kier molecular flexibility index (Phi) is 66.2. The Labute approximate surface area is 508 Å². The molecule has 0 heterocycles. The van der Waals surface area contributed by atoms with Gasteiger partial charge in [-0.15, -0.1) is 0 Å². The van der Waals surface area contributed by atoms with Gasteiger partial charge in [-0.2, -0.15) is 0 Å². The van der Waals surface area contributed by atoms with Crippen LogP contribution in [0.4, 0.5) is 0 Å². The van der Waals surface area contributed by atoms with E-state index in [-0.39, 0.29) is 31.1 Å². The third-order valence-corrected chi connectivity index (χ3v) is 15.0. The van der Waals surface area contributed by atoms with Gasteiger partial charge in [0.2, 0.25) is 0 Å². The molecule has 0 N–H and O–H groups in total. The zero-order valence-electron chi connectivity index (χ0n) is 54.0. The molecular formula is C76H130O6. The Morgan fingerprint density at radius 1 is 0.256 bits per heavy atom. The summed E-state index contributed by atoms with van der Waals surface area (Å²) in [6.45, 7) is 6.53. The van der Waals surface area contributed by atoms with Crippen LogP contribution < -0.4 is 0 Å². The van der Waals surface area contributed by atoms with Gasteiger partial charge in [0.15, 0.2) is 6.10 Å². The second-order valence-electron chi connectivity index (χ2n) is 23.1. The summed E-state index contributed by atoms with van der Waals surface area (Å²) in [4.78, 5) is 38.5. The highest BCUT2D eigenvalue weighted by molar-refractivity contribution is 5.71. The van der Waals surface area contributed by atoms with E-state index in [0.717, 1.165) is 122 Å². The molecule has 6 nitrogen and oxygen atoms in total. The number of esters is 3. The highest BCUT2D eigenvalue weighted by Crippen LogP contribution is 2.16. The zero-order valence-corrected chi connectivity index (χ0v) is 54.0. The smallest absolute Gasteiger partial charge is 0.306 e. The van der Waals surface area contributed by atoms with E-state index < -0.39 is 6.10 Å². The van der Waals surface area contributed by atoms with Crippen LogP contribution in [0.5, 0.6) is 0 Å². The number of carbonyl (C=O) groups excluding carboxylic acids is 3. The Hall–Kier alpha value is -3.93. The number of carbonyl (C=O) groups is 3. The van der Waals surface area contributed by atoms with Crippen molar-refractivity contribution in [1.29, 1.82) is 0 Å². The van der Waals surface area contributed by atoms with Crippen LogP contribution in [0.15, 0.2) is 109 Å². The number of hydrogen-bond donors (Lipinski definition) is 0. The average molecular weight is 1140 g/mol. The quantitative estimate of drug-likeness (QED) is 0.0261. The molecule has 1 unspecified atom stereocenters. The van der Waals surface area contributed by atoms with E-state index in [1.54, 1.807) is 0 Å². The molecule has 470 valence electrons. The van der Waals surface area contributed by atoms with Crippen molar-refractivity contribution in [2.24, 2.45) is 0 Å². The third-order valence-electron chi connectivity index (χ3n) is 15.0. The molecule has 0 aromatic heterocycles. The van der Waals surface area contributed by atoms with Gasteiger partial charge in [-0.3, -0.25) is 14.4 Å². The van der Waals surface area contributed by atoms with E-state index in [4.69, 9.17) is 14.2 Å². The molecule has 0 aliphatic rings. The van der Waals surface area contributed by atoms with Crippen molar-refractivity contribution in [3.8, 4) is 0 Å². The van der Waals surface area contributed by atoms with Gasteiger partial charge >= 0.3 is 17.9 Å². The number of ether oxygens (including phenoxy) is 3. The second kappa shape index (κ2) is 69.6. The summed E-state index contributed by atoms with van der Waals surface area (Å²) in [5.41, 5.74) is 0. The lowest BCUT2D eigenvalue weighted by atomic mass is 10.1. The Bertz CT molecular complexity index is 1640. The van der Waals surface area contributed by atoms with Crippen LogP contribution in [-0.2, 0) is 28.6 Å². The summed E-state index contributed by atoms with van der Waals surface area (Å²) in [6.07, 6.45) is 95.2. The maximum absolute atomic E-state index is 13.0. The molecule has 0 saturated carbocycles. The third kappa shape index (κ3) is 66.9. The van der Waals surface area contributed by atoms with Crippen molar-refractivity contribution in [2.75, 3.05) is 13.2 Å². The van der Waals surface area contributed by atoms with Crippen molar-refractivity contribution < 1.29 is 28.6 Å². The number of hydrogen-bond acceptors (Lipinski definition) is 6. The molecule has 1 atom stereocenters. The lowest BCUT2D eigenvalue weighted by molar-refractivity contribution is -0.167. The predicted molar refractivity (Wildman–Crippen MR) is 357 cm³/mol. The summed E-state index contributed by atoms with van der Waals surface area (Å²) in [7, 11) is 0. The minimum atomic E-state index is -0.793. The normalized spacial score (nSPS) is 12.8. The van der Waals surface area contributed by atoms with E-state index >= 15 is 0 Å². The summed E-state index contributed by atoms with van der Waals surface area (Å²) in [5, 5.41) is 0. The number of allylic oxidation sites excluding steroid dienone is 18. The number of unbranched alkanes of at least 4 members (excludes halogenated alkanes) is 34. The van der Waals surface area contributed by atoms with Crippen LogP contribution in [0.1, 0.15) is 335 Å². The summed E-state index contributed by atoms with van der Waals surface area (Å²) in [6, 6.07) is 0. The average Bonchev–Trinajstić information content (AvgIpc) is 3.47. The van der Waals surface area contributed by atoms with Gasteiger partial charge in [0, 0.05) is 19.3 Å². The van der Waals surface area contributed by atoms with Crippen molar-refractivity contribution in [3.63, 3.8) is 0 Å². The summed E-state index contributed by atoms with van der Waals surface area (Å²) >= 11 is 0. The Morgan fingerprint density at radius 2 is 0.476 bits per heavy atom. The molecule has 0 aromatic carbocycles. The fourth-order valence-electron chi connectivity index (χ4n) is 9.77. The summed E-state index contributed by atoms with van der Waals surface area (Å²) in [5.74, 6) is -0.899. The van der Waals surface area contributed by atoms with E-state index in [2.05, 4.69) is 130 Å². The van der Waals surface area contributed by atoms with E-state index in [1.807, 2.05) is 0 Å². The summed E-state index contributed by atoms with van der Waals surface area (Å²) < 4.78 is 17.0. The molecular weight excluding hydrogens is 1010 g/mol. The maximum atomic E-state index is 13.0. The van der Waals surface area contributed by atoms with Crippen LogP contribution in [0.25, 0.3) is 0 Å². The van der Waals surface area contributed by atoms with Crippen LogP contribution in [0, 0.1) is 0 Å². The van der Waals surface area contributed by atoms with Gasteiger partial charge < -0.3 is 14.2 Å². The molecule has 0 saturated heterocycles. The van der Waals surface area contributed by atoms with Crippen LogP contribution in [0.2, 0.25) is 0 Å².